The minimum atomic E-state index is 0.0271. The van der Waals surface area contributed by atoms with Crippen LogP contribution in [0.5, 0.6) is 0 Å². The number of aromatic nitrogens is 2. The van der Waals surface area contributed by atoms with Gasteiger partial charge >= 0.3 is 0 Å². The molecular formula is C11H15N3O2. The number of rotatable bonds is 3. The Labute approximate surface area is 93.9 Å². The molecule has 0 fully saturated rings. The van der Waals surface area contributed by atoms with Crippen molar-refractivity contribution in [3.63, 3.8) is 0 Å². The molecule has 0 aromatic carbocycles. The third-order valence-electron chi connectivity index (χ3n) is 1.97. The predicted molar refractivity (Wildman–Crippen MR) is 58.6 cm³/mol. The molecule has 0 saturated carbocycles. The van der Waals surface area contributed by atoms with E-state index < -0.39 is 0 Å². The van der Waals surface area contributed by atoms with E-state index in [1.807, 2.05) is 0 Å². The molecule has 2 aromatic heterocycles. The van der Waals surface area contributed by atoms with Gasteiger partial charge in [-0.25, -0.2) is 0 Å². The molecule has 0 atom stereocenters. The van der Waals surface area contributed by atoms with Gasteiger partial charge in [-0.05, 0) is 32.9 Å². The third-order valence-corrected chi connectivity index (χ3v) is 1.97. The minimum absolute atomic E-state index is 0.0271. The summed E-state index contributed by atoms with van der Waals surface area (Å²) in [5, 5.41) is 11.1. The maximum atomic E-state index is 5.44. The number of nitrogens with one attached hydrogen (secondary N) is 1. The molecule has 0 spiro atoms. The molecule has 0 saturated heterocycles. The van der Waals surface area contributed by atoms with Gasteiger partial charge in [0.05, 0.1) is 12.8 Å². The van der Waals surface area contributed by atoms with Crippen LogP contribution in [-0.2, 0) is 6.54 Å². The largest absolute Gasteiger partial charge is 0.459 e. The Morgan fingerprint density at radius 3 is 2.75 bits per heavy atom. The Hall–Kier alpha value is -1.62. The van der Waals surface area contributed by atoms with Crippen LogP contribution >= 0.6 is 0 Å². The van der Waals surface area contributed by atoms with Gasteiger partial charge in [-0.15, -0.1) is 10.2 Å². The molecule has 5 nitrogen and oxygen atoms in total. The molecule has 0 bridgehead atoms. The molecule has 16 heavy (non-hydrogen) atoms. The smallest absolute Gasteiger partial charge is 0.283 e. The summed E-state index contributed by atoms with van der Waals surface area (Å²) < 4.78 is 10.6. The molecule has 0 unspecified atom stereocenters. The van der Waals surface area contributed by atoms with E-state index in [-0.39, 0.29) is 5.54 Å². The average molecular weight is 221 g/mol. The van der Waals surface area contributed by atoms with Crippen molar-refractivity contribution in [2.24, 2.45) is 0 Å². The highest BCUT2D eigenvalue weighted by atomic mass is 16.4. The highest BCUT2D eigenvalue weighted by Crippen LogP contribution is 2.17. The second-order valence-electron chi connectivity index (χ2n) is 4.58. The summed E-state index contributed by atoms with van der Waals surface area (Å²) >= 11 is 0. The van der Waals surface area contributed by atoms with Crippen LogP contribution in [0.4, 0.5) is 0 Å². The molecule has 0 amide bonds. The van der Waals surface area contributed by atoms with Crippen LogP contribution in [0.2, 0.25) is 0 Å². The molecule has 0 radical (unpaired) electrons. The highest BCUT2D eigenvalue weighted by molar-refractivity contribution is 5.42. The van der Waals surface area contributed by atoms with Gasteiger partial charge in [0.1, 0.15) is 0 Å². The van der Waals surface area contributed by atoms with Crippen molar-refractivity contribution >= 4 is 0 Å². The summed E-state index contributed by atoms with van der Waals surface area (Å²) in [6.45, 7) is 6.79. The van der Waals surface area contributed by atoms with Gasteiger partial charge in [-0.3, -0.25) is 0 Å². The Bertz CT molecular complexity index is 440. The lowest BCUT2D eigenvalue weighted by atomic mass is 10.1. The molecule has 2 aromatic rings. The summed E-state index contributed by atoms with van der Waals surface area (Å²) in [7, 11) is 0. The van der Waals surface area contributed by atoms with Crippen molar-refractivity contribution in [1.29, 1.82) is 0 Å². The van der Waals surface area contributed by atoms with Crippen LogP contribution in [-0.4, -0.2) is 15.7 Å². The molecule has 0 aliphatic carbocycles. The fourth-order valence-electron chi connectivity index (χ4n) is 1.17. The van der Waals surface area contributed by atoms with E-state index >= 15 is 0 Å². The van der Waals surface area contributed by atoms with Crippen LogP contribution in [0.1, 0.15) is 26.7 Å². The van der Waals surface area contributed by atoms with Gasteiger partial charge in [0.15, 0.2) is 5.76 Å². The predicted octanol–water partition coefficient (Wildman–Crippen LogP) is 2.22. The van der Waals surface area contributed by atoms with E-state index in [4.69, 9.17) is 8.83 Å². The second kappa shape index (κ2) is 4.09. The van der Waals surface area contributed by atoms with Gasteiger partial charge in [-0.1, -0.05) is 0 Å². The Morgan fingerprint density at radius 2 is 2.12 bits per heavy atom. The first kappa shape index (κ1) is 10.9. The van der Waals surface area contributed by atoms with E-state index in [1.54, 1.807) is 18.4 Å². The van der Waals surface area contributed by atoms with Crippen molar-refractivity contribution < 1.29 is 8.83 Å². The van der Waals surface area contributed by atoms with Crippen molar-refractivity contribution in [3.05, 3.63) is 24.3 Å². The fraction of sp³-hybridized carbons (Fsp3) is 0.455. The second-order valence-corrected chi connectivity index (χ2v) is 4.58. The van der Waals surface area contributed by atoms with E-state index in [0.717, 1.165) is 0 Å². The van der Waals surface area contributed by atoms with Crippen LogP contribution in [0.25, 0.3) is 11.7 Å². The van der Waals surface area contributed by atoms with E-state index in [0.29, 0.717) is 24.1 Å². The average Bonchev–Trinajstić information content (AvgIpc) is 2.84. The first-order chi connectivity index (χ1) is 7.54. The van der Waals surface area contributed by atoms with Gasteiger partial charge < -0.3 is 14.2 Å². The molecule has 2 rings (SSSR count). The molecule has 1 N–H and O–H groups in total. The molecule has 86 valence electrons. The van der Waals surface area contributed by atoms with Crippen LogP contribution in [0, 0.1) is 0 Å². The number of hydrogen-bond donors (Lipinski definition) is 1. The first-order valence-electron chi connectivity index (χ1n) is 5.16. The first-order valence-corrected chi connectivity index (χ1v) is 5.16. The van der Waals surface area contributed by atoms with Gasteiger partial charge in [0.25, 0.3) is 5.89 Å². The summed E-state index contributed by atoms with van der Waals surface area (Å²) in [6.07, 6.45) is 1.58. The zero-order valence-electron chi connectivity index (χ0n) is 9.65. The number of hydrogen-bond acceptors (Lipinski definition) is 5. The maximum absolute atomic E-state index is 5.44. The zero-order chi connectivity index (χ0) is 11.6. The Balaban J connectivity index is 2.03. The summed E-state index contributed by atoms with van der Waals surface area (Å²) in [5.74, 6) is 1.56. The number of furan rings is 1. The van der Waals surface area contributed by atoms with Crippen molar-refractivity contribution in [2.45, 2.75) is 32.9 Å². The van der Waals surface area contributed by atoms with Crippen molar-refractivity contribution in [1.82, 2.24) is 15.5 Å². The lowest BCUT2D eigenvalue weighted by molar-refractivity contribution is 0.381. The Kier molecular flexibility index (Phi) is 2.78. The lowest BCUT2D eigenvalue weighted by Gasteiger charge is -2.18. The van der Waals surface area contributed by atoms with E-state index in [2.05, 4.69) is 36.3 Å². The molecule has 0 aliphatic heterocycles. The van der Waals surface area contributed by atoms with Crippen molar-refractivity contribution in [2.75, 3.05) is 0 Å². The zero-order valence-corrected chi connectivity index (χ0v) is 9.65. The van der Waals surface area contributed by atoms with Crippen LogP contribution in [0.15, 0.2) is 27.2 Å². The highest BCUT2D eigenvalue weighted by Gasteiger charge is 2.13. The summed E-state index contributed by atoms with van der Waals surface area (Å²) in [6, 6.07) is 3.57. The SMILES string of the molecule is CC(C)(C)NCc1nnc(-c2ccco2)o1. The fourth-order valence-corrected chi connectivity index (χ4v) is 1.17. The van der Waals surface area contributed by atoms with E-state index in [9.17, 15) is 0 Å². The Morgan fingerprint density at radius 1 is 1.31 bits per heavy atom. The summed E-state index contributed by atoms with van der Waals surface area (Å²) in [5.41, 5.74) is 0.0271. The molecular weight excluding hydrogens is 206 g/mol. The van der Waals surface area contributed by atoms with Gasteiger partial charge in [-0.2, -0.15) is 0 Å². The third kappa shape index (κ3) is 2.70. The lowest BCUT2D eigenvalue weighted by Crippen LogP contribution is -2.35. The number of nitrogens with zero attached hydrogens (tertiary/aromatic N) is 2. The normalized spacial score (nSPS) is 11.9. The van der Waals surface area contributed by atoms with Crippen LogP contribution < -0.4 is 5.32 Å². The van der Waals surface area contributed by atoms with Gasteiger partial charge in [0, 0.05) is 5.54 Å². The quantitative estimate of drug-likeness (QED) is 0.860. The monoisotopic (exact) mass is 221 g/mol. The standard InChI is InChI=1S/C11H15N3O2/c1-11(2,3)12-7-9-13-14-10(16-9)8-5-4-6-15-8/h4-6,12H,7H2,1-3H3. The molecule has 5 heteroatoms. The van der Waals surface area contributed by atoms with E-state index in [1.165, 1.54) is 0 Å². The van der Waals surface area contributed by atoms with Crippen LogP contribution in [0.3, 0.4) is 0 Å². The van der Waals surface area contributed by atoms with Crippen molar-refractivity contribution in [3.8, 4) is 11.7 Å². The molecule has 0 aliphatic rings. The topological polar surface area (TPSA) is 64.1 Å². The minimum Gasteiger partial charge on any atom is -0.459 e. The maximum Gasteiger partial charge on any atom is 0.283 e. The van der Waals surface area contributed by atoms with Gasteiger partial charge in [0.2, 0.25) is 5.89 Å². The summed E-state index contributed by atoms with van der Waals surface area (Å²) in [4.78, 5) is 0. The molecule has 2 heterocycles.